The van der Waals surface area contributed by atoms with Gasteiger partial charge in [0.05, 0.1) is 17.3 Å². The number of fused-ring (bicyclic) bond motifs is 1. The number of aromatic nitrogens is 5. The lowest BCUT2D eigenvalue weighted by Gasteiger charge is -2.08. The molecule has 4 rings (SSSR count). The van der Waals surface area contributed by atoms with Crippen molar-refractivity contribution in [2.75, 3.05) is 5.32 Å². The first-order chi connectivity index (χ1) is 14.4. The van der Waals surface area contributed by atoms with Crippen LogP contribution in [0.4, 0.5) is 10.3 Å². The van der Waals surface area contributed by atoms with Gasteiger partial charge in [0, 0.05) is 6.54 Å². The van der Waals surface area contributed by atoms with Crippen molar-refractivity contribution in [3.8, 4) is 11.4 Å². The van der Waals surface area contributed by atoms with Crippen LogP contribution in [-0.2, 0) is 6.54 Å². The molecule has 150 valence electrons. The molecule has 11 heteroatoms. The number of rotatable bonds is 6. The lowest BCUT2D eigenvalue weighted by Crippen LogP contribution is -2.18. The molecule has 3 aromatic heterocycles. The number of nitrogens with one attached hydrogen (secondary N) is 1. The molecule has 0 unspecified atom stereocenters. The van der Waals surface area contributed by atoms with Crippen LogP contribution in [0.5, 0.6) is 0 Å². The third-order valence-corrected chi connectivity index (χ3v) is 4.23. The van der Waals surface area contributed by atoms with Gasteiger partial charge in [-0.2, -0.15) is 15.1 Å². The molecule has 0 spiro atoms. The van der Waals surface area contributed by atoms with Crippen molar-refractivity contribution in [3.05, 3.63) is 71.6 Å². The molecular formula is C19H15FN8O2. The van der Waals surface area contributed by atoms with Crippen LogP contribution in [-0.4, -0.2) is 36.4 Å². The van der Waals surface area contributed by atoms with Crippen molar-refractivity contribution in [2.24, 2.45) is 11.5 Å². The minimum Gasteiger partial charge on any atom is -0.364 e. The monoisotopic (exact) mass is 406 g/mol. The second-order valence-electron chi connectivity index (χ2n) is 6.28. The fraction of sp³-hybridized carbons (Fsp3) is 0.0526. The van der Waals surface area contributed by atoms with Gasteiger partial charge in [-0.1, -0.05) is 18.2 Å². The molecule has 3 heterocycles. The number of amides is 2. The van der Waals surface area contributed by atoms with Gasteiger partial charge >= 0.3 is 0 Å². The number of primary amides is 2. The Bertz CT molecular complexity index is 1290. The van der Waals surface area contributed by atoms with E-state index in [1.54, 1.807) is 24.3 Å². The van der Waals surface area contributed by atoms with E-state index in [1.807, 2.05) is 0 Å². The topological polar surface area (TPSA) is 154 Å². The zero-order valence-corrected chi connectivity index (χ0v) is 15.4. The summed E-state index contributed by atoms with van der Waals surface area (Å²) in [6, 6.07) is 10.9. The summed E-state index contributed by atoms with van der Waals surface area (Å²) >= 11 is 0. The minimum atomic E-state index is -0.846. The molecule has 4 aromatic rings. The molecule has 2 amide bonds. The average Bonchev–Trinajstić information content (AvgIpc) is 3.16. The van der Waals surface area contributed by atoms with Gasteiger partial charge in [0.25, 0.3) is 11.8 Å². The third kappa shape index (κ3) is 3.63. The van der Waals surface area contributed by atoms with Gasteiger partial charge < -0.3 is 16.8 Å². The molecule has 5 N–H and O–H groups in total. The Kier molecular flexibility index (Phi) is 4.76. The molecule has 1 aromatic carbocycles. The molecule has 10 nitrogen and oxygen atoms in total. The number of anilines is 1. The van der Waals surface area contributed by atoms with E-state index in [0.717, 1.165) is 0 Å². The number of nitrogens with two attached hydrogens (primary N) is 2. The van der Waals surface area contributed by atoms with Gasteiger partial charge in [0.15, 0.2) is 5.82 Å². The van der Waals surface area contributed by atoms with E-state index >= 15 is 0 Å². The van der Waals surface area contributed by atoms with E-state index in [9.17, 15) is 14.0 Å². The number of carbonyl (C=O) groups is 2. The fourth-order valence-corrected chi connectivity index (χ4v) is 2.88. The van der Waals surface area contributed by atoms with Crippen LogP contribution in [0.1, 0.15) is 26.7 Å². The Hall–Kier alpha value is -4.41. The quantitative estimate of drug-likeness (QED) is 0.434. The van der Waals surface area contributed by atoms with Gasteiger partial charge in [-0.25, -0.2) is 13.9 Å². The minimum absolute atomic E-state index is 0.0727. The first-order valence-corrected chi connectivity index (χ1v) is 8.73. The highest BCUT2D eigenvalue weighted by Crippen LogP contribution is 2.23. The molecule has 0 bridgehead atoms. The maximum absolute atomic E-state index is 13.4. The molecular weight excluding hydrogens is 391 g/mol. The van der Waals surface area contributed by atoms with Crippen LogP contribution >= 0.6 is 0 Å². The summed E-state index contributed by atoms with van der Waals surface area (Å²) in [5.74, 6) is -1.93. The Morgan fingerprint density at radius 1 is 1.03 bits per heavy atom. The van der Waals surface area contributed by atoms with E-state index in [-0.39, 0.29) is 35.7 Å². The predicted octanol–water partition coefficient (Wildman–Crippen LogP) is 1.14. The van der Waals surface area contributed by atoms with Gasteiger partial charge in [-0.3, -0.25) is 9.59 Å². The van der Waals surface area contributed by atoms with Crippen molar-refractivity contribution in [1.29, 1.82) is 0 Å². The summed E-state index contributed by atoms with van der Waals surface area (Å²) in [6.45, 7) is 0.208. The molecule has 30 heavy (non-hydrogen) atoms. The molecule has 0 radical (unpaired) electrons. The van der Waals surface area contributed by atoms with Gasteiger partial charge in [-0.15, -0.1) is 0 Å². The lowest BCUT2D eigenvalue weighted by molar-refractivity contribution is 0.0983. The summed E-state index contributed by atoms with van der Waals surface area (Å²) in [5, 5.41) is 7.09. The maximum atomic E-state index is 13.4. The Morgan fingerprint density at radius 3 is 2.57 bits per heavy atom. The highest BCUT2D eigenvalue weighted by atomic mass is 19.1. The summed E-state index contributed by atoms with van der Waals surface area (Å²) < 4.78 is 14.7. The molecule has 0 aliphatic rings. The number of nitrogens with zero attached hydrogens (tertiary/aromatic N) is 5. The highest BCUT2D eigenvalue weighted by molar-refractivity contribution is 5.93. The highest BCUT2D eigenvalue weighted by Gasteiger charge is 2.17. The van der Waals surface area contributed by atoms with Crippen molar-refractivity contribution < 1.29 is 14.0 Å². The van der Waals surface area contributed by atoms with Crippen LogP contribution in [0.25, 0.3) is 16.9 Å². The number of pyridine rings is 1. The first kappa shape index (κ1) is 18.9. The predicted molar refractivity (Wildman–Crippen MR) is 105 cm³/mol. The van der Waals surface area contributed by atoms with Crippen LogP contribution in [0.2, 0.25) is 0 Å². The Labute approximate surface area is 168 Å². The lowest BCUT2D eigenvalue weighted by atomic mass is 10.2. The van der Waals surface area contributed by atoms with Gasteiger partial charge in [0.1, 0.15) is 11.5 Å². The Morgan fingerprint density at radius 2 is 1.83 bits per heavy atom. The first-order valence-electron chi connectivity index (χ1n) is 8.73. The van der Waals surface area contributed by atoms with Crippen molar-refractivity contribution in [3.63, 3.8) is 0 Å². The number of benzene rings is 1. The number of carbonyl (C=O) groups excluding carboxylic acids is 2. The van der Waals surface area contributed by atoms with Crippen LogP contribution in [0, 0.1) is 5.82 Å². The summed E-state index contributed by atoms with van der Waals surface area (Å²) in [7, 11) is 0. The second-order valence-corrected chi connectivity index (χ2v) is 6.28. The molecule has 0 fully saturated rings. The number of hydrogen-bond donors (Lipinski definition) is 3. The average molecular weight is 406 g/mol. The zero-order chi connectivity index (χ0) is 21.3. The zero-order valence-electron chi connectivity index (χ0n) is 15.4. The number of hydrogen-bond acceptors (Lipinski definition) is 7. The number of halogens is 1. The molecule has 0 atom stereocenters. The second kappa shape index (κ2) is 7.54. The summed E-state index contributed by atoms with van der Waals surface area (Å²) in [4.78, 5) is 35.8. The Balaban J connectivity index is 1.75. The van der Waals surface area contributed by atoms with E-state index in [2.05, 4.69) is 25.4 Å². The normalized spacial score (nSPS) is 10.8. The SMILES string of the molecule is NC(=O)c1nc(NCc2cccc(F)c2)nc(-c2cnn3c(C(N)=O)cccc23)n1. The molecule has 0 saturated carbocycles. The van der Waals surface area contributed by atoms with Gasteiger partial charge in [0.2, 0.25) is 11.8 Å². The largest absolute Gasteiger partial charge is 0.364 e. The van der Waals surface area contributed by atoms with Crippen LogP contribution in [0.15, 0.2) is 48.7 Å². The van der Waals surface area contributed by atoms with Crippen molar-refractivity contribution >= 4 is 23.3 Å². The molecule has 0 saturated heterocycles. The molecule has 0 aliphatic carbocycles. The smallest absolute Gasteiger partial charge is 0.286 e. The third-order valence-electron chi connectivity index (χ3n) is 4.23. The van der Waals surface area contributed by atoms with E-state index in [0.29, 0.717) is 16.6 Å². The van der Waals surface area contributed by atoms with Crippen molar-refractivity contribution in [2.45, 2.75) is 6.54 Å². The summed E-state index contributed by atoms with van der Waals surface area (Å²) in [6.07, 6.45) is 1.44. The fourth-order valence-electron chi connectivity index (χ4n) is 2.88. The standard InChI is InChI=1S/C19H15FN8O2/c20-11-4-1-3-10(7-11)8-23-19-26-17(25-18(27-19)16(22)30)12-9-24-28-13(12)5-2-6-14(28)15(21)29/h1-7,9H,8H2,(H2,21,29)(H2,22,30)(H,23,25,26,27). The van der Waals surface area contributed by atoms with Crippen LogP contribution < -0.4 is 16.8 Å². The van der Waals surface area contributed by atoms with Crippen molar-refractivity contribution in [1.82, 2.24) is 24.6 Å². The van der Waals surface area contributed by atoms with E-state index in [1.165, 1.54) is 28.9 Å². The molecule has 0 aliphatic heterocycles. The van der Waals surface area contributed by atoms with Crippen LogP contribution in [0.3, 0.4) is 0 Å². The van der Waals surface area contributed by atoms with E-state index in [4.69, 9.17) is 11.5 Å². The maximum Gasteiger partial charge on any atom is 0.286 e. The van der Waals surface area contributed by atoms with E-state index < -0.39 is 11.8 Å². The van der Waals surface area contributed by atoms with Gasteiger partial charge in [-0.05, 0) is 29.8 Å². The summed E-state index contributed by atoms with van der Waals surface area (Å²) in [5.41, 5.74) is 12.5.